The Morgan fingerprint density at radius 2 is 0.595 bits per heavy atom. The topological polar surface area (TPSA) is 112 Å². The SMILES string of the molecule is CC(C)C(=O)/C=C(\O)C(C)(C)C.CC(C)C(=O)/C=C(\O)C(C)(C)C.CC(C)C(=O)/C=C(\O)C(C)(C)C.[Y]. The molecule has 0 aromatic rings. The summed E-state index contributed by atoms with van der Waals surface area (Å²) in [6.07, 6.45) is 3.97. The standard InChI is InChI=1S/3C10H18O2.Y/c3*1-7(2)8(11)6-9(12)10(3,4)5;/h3*6-7,12H,1-5H3;/b3*9-6-;. The Bertz CT molecular complexity index is 699. The van der Waals surface area contributed by atoms with Crippen LogP contribution in [0.3, 0.4) is 0 Å². The van der Waals surface area contributed by atoms with Crippen LogP contribution in [-0.2, 0) is 47.1 Å². The van der Waals surface area contributed by atoms with Gasteiger partial charge < -0.3 is 15.3 Å². The van der Waals surface area contributed by atoms with Crippen molar-refractivity contribution in [1.82, 2.24) is 0 Å². The first-order valence-corrected chi connectivity index (χ1v) is 12.6. The van der Waals surface area contributed by atoms with E-state index in [0.29, 0.717) is 0 Å². The number of ketones is 3. The van der Waals surface area contributed by atoms with Gasteiger partial charge in [-0.15, -0.1) is 0 Å². The van der Waals surface area contributed by atoms with Crippen molar-refractivity contribution in [2.75, 3.05) is 0 Å². The fraction of sp³-hybridized carbons (Fsp3) is 0.700. The molecule has 1 radical (unpaired) electrons. The van der Waals surface area contributed by atoms with Crippen molar-refractivity contribution in [2.24, 2.45) is 34.0 Å². The van der Waals surface area contributed by atoms with Gasteiger partial charge in [-0.3, -0.25) is 14.4 Å². The van der Waals surface area contributed by atoms with Crippen molar-refractivity contribution < 1.29 is 62.4 Å². The van der Waals surface area contributed by atoms with Crippen molar-refractivity contribution in [2.45, 2.75) is 104 Å². The average molecular weight is 600 g/mol. The molecule has 0 unspecified atom stereocenters. The summed E-state index contributed by atoms with van der Waals surface area (Å²) in [6, 6.07) is 0. The number of allylic oxidation sites excluding steroid dienone is 6. The molecule has 0 aromatic heterocycles. The van der Waals surface area contributed by atoms with Crippen molar-refractivity contribution in [3.8, 4) is 0 Å². The average Bonchev–Trinajstić information content (AvgIpc) is 2.66. The van der Waals surface area contributed by atoms with Crippen LogP contribution in [0.15, 0.2) is 35.5 Å². The molecule has 37 heavy (non-hydrogen) atoms. The Balaban J connectivity index is -0.000000218. The second-order valence-electron chi connectivity index (χ2n) is 13.0. The number of carbonyl (C=O) groups excluding carboxylic acids is 3. The first-order valence-electron chi connectivity index (χ1n) is 12.6. The summed E-state index contributed by atoms with van der Waals surface area (Å²) in [5.74, 6) is 0.245. The monoisotopic (exact) mass is 599 g/mol. The van der Waals surface area contributed by atoms with Crippen LogP contribution >= 0.6 is 0 Å². The van der Waals surface area contributed by atoms with Gasteiger partial charge in [-0.2, -0.15) is 0 Å². The third kappa shape index (κ3) is 22.4. The molecule has 0 saturated carbocycles. The summed E-state index contributed by atoms with van der Waals surface area (Å²) in [4.78, 5) is 33.5. The van der Waals surface area contributed by atoms with Crippen molar-refractivity contribution in [3.63, 3.8) is 0 Å². The fourth-order valence-electron chi connectivity index (χ4n) is 1.55. The molecule has 213 valence electrons. The van der Waals surface area contributed by atoms with Crippen LogP contribution in [0.5, 0.6) is 0 Å². The Hall–Kier alpha value is -1.27. The van der Waals surface area contributed by atoms with E-state index < -0.39 is 0 Å². The van der Waals surface area contributed by atoms with Crippen molar-refractivity contribution >= 4 is 17.3 Å². The van der Waals surface area contributed by atoms with E-state index in [1.54, 1.807) is 0 Å². The minimum absolute atomic E-state index is 0. The van der Waals surface area contributed by atoms with Crippen LogP contribution < -0.4 is 0 Å². The van der Waals surface area contributed by atoms with Crippen LogP contribution in [0.1, 0.15) is 104 Å². The summed E-state index contributed by atoms with van der Waals surface area (Å²) in [7, 11) is 0. The molecule has 6 nitrogen and oxygen atoms in total. The van der Waals surface area contributed by atoms with E-state index in [0.717, 1.165) is 0 Å². The Kier molecular flexibility index (Phi) is 20.9. The van der Waals surface area contributed by atoms with Gasteiger partial charge in [0.1, 0.15) is 17.3 Å². The second-order valence-corrected chi connectivity index (χ2v) is 13.0. The molecule has 0 aliphatic rings. The first kappa shape index (κ1) is 42.8. The maximum Gasteiger partial charge on any atom is 0.161 e. The molecule has 0 rings (SSSR count). The quantitative estimate of drug-likeness (QED) is 0.210. The van der Waals surface area contributed by atoms with Gasteiger partial charge in [0.15, 0.2) is 17.3 Å². The summed E-state index contributed by atoms with van der Waals surface area (Å²) >= 11 is 0. The molecule has 0 spiro atoms. The van der Waals surface area contributed by atoms with E-state index in [4.69, 9.17) is 0 Å². The first-order chi connectivity index (χ1) is 15.7. The normalized spacial score (nSPS) is 13.3. The molecule has 0 heterocycles. The zero-order valence-electron chi connectivity index (χ0n) is 26.1. The third-order valence-electron chi connectivity index (χ3n) is 4.85. The Morgan fingerprint density at radius 3 is 0.676 bits per heavy atom. The summed E-state index contributed by atoms with van der Waals surface area (Å²) in [5, 5.41) is 28.3. The number of aliphatic hydroxyl groups excluding tert-OH is 3. The predicted molar refractivity (Wildman–Crippen MR) is 150 cm³/mol. The van der Waals surface area contributed by atoms with Gasteiger partial charge in [0.25, 0.3) is 0 Å². The van der Waals surface area contributed by atoms with Gasteiger partial charge in [0, 0.05) is 84.9 Å². The van der Waals surface area contributed by atoms with E-state index in [9.17, 15) is 29.7 Å². The number of hydrogen-bond acceptors (Lipinski definition) is 6. The minimum atomic E-state index is -0.329. The number of carbonyl (C=O) groups is 3. The molecule has 0 bridgehead atoms. The van der Waals surface area contributed by atoms with Gasteiger partial charge in [-0.25, -0.2) is 0 Å². The number of aliphatic hydroxyl groups is 3. The molecule has 0 saturated heterocycles. The zero-order chi connectivity index (χ0) is 29.8. The van der Waals surface area contributed by atoms with Gasteiger partial charge in [-0.1, -0.05) is 104 Å². The molecule has 7 heteroatoms. The number of hydrogen-bond donors (Lipinski definition) is 3. The summed E-state index contributed by atoms with van der Waals surface area (Å²) < 4.78 is 0. The van der Waals surface area contributed by atoms with E-state index in [-0.39, 0.29) is 101 Å². The van der Waals surface area contributed by atoms with Crippen LogP contribution in [0.4, 0.5) is 0 Å². The summed E-state index contributed by atoms with van der Waals surface area (Å²) in [5.41, 5.74) is -0.986. The van der Waals surface area contributed by atoms with Crippen LogP contribution in [0, 0.1) is 34.0 Å². The Labute approximate surface area is 252 Å². The molecule has 0 atom stereocenters. The van der Waals surface area contributed by atoms with Crippen molar-refractivity contribution in [1.29, 1.82) is 0 Å². The zero-order valence-corrected chi connectivity index (χ0v) is 28.9. The van der Waals surface area contributed by atoms with E-state index in [1.165, 1.54) is 18.2 Å². The van der Waals surface area contributed by atoms with Gasteiger partial charge in [-0.05, 0) is 0 Å². The largest absolute Gasteiger partial charge is 0.512 e. The van der Waals surface area contributed by atoms with Crippen LogP contribution in [0.2, 0.25) is 0 Å². The van der Waals surface area contributed by atoms with Crippen LogP contribution in [-0.4, -0.2) is 32.7 Å². The molecule has 0 amide bonds. The minimum Gasteiger partial charge on any atom is -0.512 e. The van der Waals surface area contributed by atoms with Crippen molar-refractivity contribution in [3.05, 3.63) is 35.5 Å². The van der Waals surface area contributed by atoms with Gasteiger partial charge in [0.05, 0.1) is 0 Å². The molecule has 3 N–H and O–H groups in total. The predicted octanol–water partition coefficient (Wildman–Crippen LogP) is 8.10. The van der Waals surface area contributed by atoms with Gasteiger partial charge in [0.2, 0.25) is 0 Å². The Morgan fingerprint density at radius 1 is 0.459 bits per heavy atom. The molecule has 0 aromatic carbocycles. The molecular weight excluding hydrogens is 545 g/mol. The van der Waals surface area contributed by atoms with E-state index in [1.807, 2.05) is 104 Å². The van der Waals surface area contributed by atoms with Gasteiger partial charge >= 0.3 is 0 Å². The van der Waals surface area contributed by atoms with E-state index >= 15 is 0 Å². The smallest absolute Gasteiger partial charge is 0.161 e. The summed E-state index contributed by atoms with van der Waals surface area (Å²) in [6.45, 7) is 27.7. The maximum atomic E-state index is 11.2. The van der Waals surface area contributed by atoms with E-state index in [2.05, 4.69) is 0 Å². The van der Waals surface area contributed by atoms with Crippen LogP contribution in [0.25, 0.3) is 0 Å². The number of rotatable bonds is 6. The third-order valence-corrected chi connectivity index (χ3v) is 4.85. The molecule has 0 aliphatic heterocycles. The molecular formula is C30H54O6Y. The fourth-order valence-corrected chi connectivity index (χ4v) is 1.55. The molecule has 0 aliphatic carbocycles. The maximum absolute atomic E-state index is 11.2. The second kappa shape index (κ2) is 18.1. The molecule has 0 fully saturated rings.